The second-order valence-electron chi connectivity index (χ2n) is 8.99. The van der Waals surface area contributed by atoms with Crippen molar-refractivity contribution in [2.75, 3.05) is 13.2 Å². The lowest BCUT2D eigenvalue weighted by Crippen LogP contribution is -2.46. The van der Waals surface area contributed by atoms with Gasteiger partial charge in [-0.3, -0.25) is 0 Å². The maximum atomic E-state index is 12.1. The van der Waals surface area contributed by atoms with Gasteiger partial charge in [0.05, 0.1) is 6.61 Å². The van der Waals surface area contributed by atoms with Crippen LogP contribution in [0.5, 0.6) is 0 Å². The average Bonchev–Trinajstić information content (AvgIpc) is 2.50. The van der Waals surface area contributed by atoms with E-state index in [2.05, 4.69) is 39.9 Å². The Hall–Kier alpha value is -1.46. The van der Waals surface area contributed by atoms with E-state index in [1.165, 1.54) is 0 Å². The first kappa shape index (κ1) is 22.6. The zero-order chi connectivity index (χ0) is 19.8. The molecule has 152 valence electrons. The normalized spacial score (nSPS) is 26.0. The van der Waals surface area contributed by atoms with Crippen LogP contribution >= 0.6 is 0 Å². The van der Waals surface area contributed by atoms with E-state index in [0.29, 0.717) is 25.5 Å². The largest absolute Gasteiger partial charge is 0.449 e. The minimum Gasteiger partial charge on any atom is -0.449 e. The number of hydrogen-bond donors (Lipinski definition) is 2. The summed E-state index contributed by atoms with van der Waals surface area (Å²) in [7, 11) is 0. The van der Waals surface area contributed by atoms with Gasteiger partial charge in [-0.05, 0) is 42.4 Å². The summed E-state index contributed by atoms with van der Waals surface area (Å²) in [6.45, 7) is 11.7. The molecule has 1 fully saturated rings. The second-order valence-corrected chi connectivity index (χ2v) is 8.99. The predicted molar refractivity (Wildman–Crippen MR) is 103 cm³/mol. The maximum absolute atomic E-state index is 12.1. The van der Waals surface area contributed by atoms with Gasteiger partial charge in [0.15, 0.2) is 0 Å². The Morgan fingerprint density at radius 2 is 1.92 bits per heavy atom. The van der Waals surface area contributed by atoms with Crippen molar-refractivity contribution in [3.8, 4) is 0 Å². The fourth-order valence-electron chi connectivity index (χ4n) is 4.35. The van der Waals surface area contributed by atoms with Crippen LogP contribution in [0.25, 0.3) is 0 Å². The van der Waals surface area contributed by atoms with E-state index in [-0.39, 0.29) is 23.0 Å². The van der Waals surface area contributed by atoms with Crippen molar-refractivity contribution >= 4 is 12.2 Å². The van der Waals surface area contributed by atoms with Crippen LogP contribution in [-0.4, -0.2) is 31.4 Å². The van der Waals surface area contributed by atoms with E-state index in [0.717, 1.165) is 38.5 Å². The molecule has 0 aliphatic heterocycles. The van der Waals surface area contributed by atoms with Crippen LogP contribution in [0.4, 0.5) is 9.59 Å². The number of rotatable bonds is 9. The van der Waals surface area contributed by atoms with Gasteiger partial charge in [0.1, 0.15) is 6.10 Å². The van der Waals surface area contributed by atoms with Crippen molar-refractivity contribution in [1.29, 1.82) is 0 Å². The first-order valence-electron chi connectivity index (χ1n) is 9.96. The summed E-state index contributed by atoms with van der Waals surface area (Å²) in [5, 5.41) is 2.91. The molecule has 3 N–H and O–H groups in total. The van der Waals surface area contributed by atoms with E-state index in [1.54, 1.807) is 0 Å². The molecule has 26 heavy (non-hydrogen) atoms. The molecule has 1 saturated carbocycles. The smallest absolute Gasteiger partial charge is 0.407 e. The molecule has 0 aromatic rings. The third-order valence-corrected chi connectivity index (χ3v) is 5.34. The van der Waals surface area contributed by atoms with Crippen molar-refractivity contribution in [2.45, 2.75) is 85.7 Å². The third kappa shape index (κ3) is 8.28. The molecule has 1 rings (SSSR count). The van der Waals surface area contributed by atoms with Gasteiger partial charge < -0.3 is 20.5 Å². The lowest BCUT2D eigenvalue weighted by molar-refractivity contribution is -0.0170. The van der Waals surface area contributed by atoms with Gasteiger partial charge in [0.25, 0.3) is 0 Å². The van der Waals surface area contributed by atoms with Crippen molar-refractivity contribution in [2.24, 2.45) is 22.5 Å². The molecule has 3 unspecified atom stereocenters. The van der Waals surface area contributed by atoms with E-state index >= 15 is 0 Å². The van der Waals surface area contributed by atoms with Gasteiger partial charge in [-0.25, -0.2) is 9.59 Å². The molecule has 0 radical (unpaired) electrons. The maximum Gasteiger partial charge on any atom is 0.407 e. The average molecular weight is 371 g/mol. The van der Waals surface area contributed by atoms with E-state index in [9.17, 15) is 9.59 Å². The second kappa shape index (κ2) is 10.0. The van der Waals surface area contributed by atoms with Crippen LogP contribution in [0.3, 0.4) is 0 Å². The van der Waals surface area contributed by atoms with Crippen molar-refractivity contribution in [3.05, 3.63) is 0 Å². The molecule has 6 heteroatoms. The first-order valence-corrected chi connectivity index (χ1v) is 9.96. The monoisotopic (exact) mass is 370 g/mol. The summed E-state index contributed by atoms with van der Waals surface area (Å²) in [4.78, 5) is 23.2. The highest BCUT2D eigenvalue weighted by atomic mass is 16.6. The van der Waals surface area contributed by atoms with E-state index in [4.69, 9.17) is 15.2 Å². The van der Waals surface area contributed by atoms with Crippen LogP contribution in [0.15, 0.2) is 0 Å². The lowest BCUT2D eigenvalue weighted by Gasteiger charge is -2.46. The highest BCUT2D eigenvalue weighted by molar-refractivity contribution is 5.67. The van der Waals surface area contributed by atoms with Crippen LogP contribution in [-0.2, 0) is 9.47 Å². The quantitative estimate of drug-likeness (QED) is 0.620. The Balaban J connectivity index is 2.50. The Morgan fingerprint density at radius 1 is 1.23 bits per heavy atom. The Bertz CT molecular complexity index is 467. The molecular formula is C20H38N2O4. The molecule has 1 aliphatic rings. The topological polar surface area (TPSA) is 90.7 Å². The van der Waals surface area contributed by atoms with Crippen LogP contribution in [0.2, 0.25) is 0 Å². The van der Waals surface area contributed by atoms with Gasteiger partial charge in [-0.1, -0.05) is 53.9 Å². The highest BCUT2D eigenvalue weighted by Crippen LogP contribution is 2.46. The van der Waals surface area contributed by atoms with Crippen molar-refractivity contribution in [1.82, 2.24) is 5.32 Å². The van der Waals surface area contributed by atoms with Crippen LogP contribution < -0.4 is 11.1 Å². The molecule has 0 aromatic carbocycles. The molecule has 0 saturated heterocycles. The highest BCUT2D eigenvalue weighted by Gasteiger charge is 2.42. The van der Waals surface area contributed by atoms with Crippen LogP contribution in [0, 0.1) is 16.7 Å². The summed E-state index contributed by atoms with van der Waals surface area (Å²) < 4.78 is 10.7. The SMILES string of the molecule is CCCCC(CC)COC(=O)NCC1(C)CC(OC(N)=O)CC(C)(C)C1. The molecule has 0 bridgehead atoms. The Kier molecular flexibility index (Phi) is 8.71. The standard InChI is InChI=1S/C20H38N2O4/c1-6-8-9-15(7-2)12-25-18(24)22-14-20(5)11-16(26-17(21)23)10-19(3,4)13-20/h15-16H,6-14H2,1-5H3,(H2,21,23)(H,22,24). The summed E-state index contributed by atoms with van der Waals surface area (Å²) in [5.41, 5.74) is 5.05. The number of nitrogens with one attached hydrogen (secondary N) is 1. The fourth-order valence-corrected chi connectivity index (χ4v) is 4.35. The third-order valence-electron chi connectivity index (χ3n) is 5.34. The molecule has 0 aromatic heterocycles. The molecule has 1 aliphatic carbocycles. The number of alkyl carbamates (subject to hydrolysis) is 1. The molecule has 2 amide bonds. The summed E-state index contributed by atoms with van der Waals surface area (Å²) in [5.74, 6) is 0.429. The molecular weight excluding hydrogens is 332 g/mol. The molecule has 3 atom stereocenters. The zero-order valence-corrected chi connectivity index (χ0v) is 17.2. The van der Waals surface area contributed by atoms with Gasteiger partial charge in [0, 0.05) is 6.54 Å². The van der Waals surface area contributed by atoms with Gasteiger partial charge >= 0.3 is 12.2 Å². The fraction of sp³-hybridized carbons (Fsp3) is 0.900. The number of primary amides is 1. The summed E-state index contributed by atoms with van der Waals surface area (Å²) in [6, 6.07) is 0. The number of amides is 2. The number of ether oxygens (including phenoxy) is 2. The lowest BCUT2D eigenvalue weighted by atomic mass is 9.63. The summed E-state index contributed by atoms with van der Waals surface area (Å²) >= 11 is 0. The van der Waals surface area contributed by atoms with Crippen LogP contribution in [0.1, 0.15) is 79.6 Å². The molecule has 0 spiro atoms. The van der Waals surface area contributed by atoms with E-state index in [1.807, 2.05) is 0 Å². The minimum absolute atomic E-state index is 0.0200. The number of carbonyl (C=O) groups is 2. The number of nitrogens with two attached hydrogens (primary N) is 1. The van der Waals surface area contributed by atoms with Gasteiger partial charge in [-0.15, -0.1) is 0 Å². The molecule has 6 nitrogen and oxygen atoms in total. The zero-order valence-electron chi connectivity index (χ0n) is 17.2. The van der Waals surface area contributed by atoms with Crippen molar-refractivity contribution in [3.63, 3.8) is 0 Å². The number of unbranched alkanes of at least 4 members (excludes halogenated alkanes) is 1. The first-order chi connectivity index (χ1) is 12.1. The Morgan fingerprint density at radius 3 is 2.50 bits per heavy atom. The number of hydrogen-bond acceptors (Lipinski definition) is 4. The van der Waals surface area contributed by atoms with Gasteiger partial charge in [-0.2, -0.15) is 0 Å². The molecule has 0 heterocycles. The van der Waals surface area contributed by atoms with Crippen molar-refractivity contribution < 1.29 is 19.1 Å². The summed E-state index contributed by atoms with van der Waals surface area (Å²) in [6.07, 6.45) is 5.54. The number of carbonyl (C=O) groups excluding carboxylic acids is 2. The minimum atomic E-state index is -0.736. The van der Waals surface area contributed by atoms with E-state index < -0.39 is 6.09 Å². The Labute approximate surface area is 158 Å². The van der Waals surface area contributed by atoms with Gasteiger partial charge in [0.2, 0.25) is 0 Å². The predicted octanol–water partition coefficient (Wildman–Crippen LogP) is 4.61.